The van der Waals surface area contributed by atoms with Crippen LogP contribution in [-0.2, 0) is 12.8 Å². The average Bonchev–Trinajstić information content (AvgIpc) is 2.91. The van der Waals surface area contributed by atoms with Gasteiger partial charge in [0.05, 0.1) is 0 Å². The molecule has 6 rings (SSSR count). The quantitative estimate of drug-likeness (QED) is 0.201. The molecule has 0 aliphatic heterocycles. The predicted molar refractivity (Wildman–Crippen MR) is 128 cm³/mol. The number of rotatable bonds is 1. The molecule has 0 fully saturated rings. The molecular weight excluding hydrogens is 448 g/mol. The van der Waals surface area contributed by atoms with Gasteiger partial charge in [-0.05, 0) is 94.3 Å². The second-order valence-electron chi connectivity index (χ2n) is 9.30. The van der Waals surface area contributed by atoms with Crippen molar-refractivity contribution in [3.05, 3.63) is 88.0 Å². The normalized spacial score (nSPS) is 17.7. The fraction of sp³-hybridized carbons (Fsp3) is 0.143. The van der Waals surface area contributed by atoms with Crippen LogP contribution in [0.3, 0.4) is 0 Å². The number of fused-ring (bicyclic) bond motifs is 4. The van der Waals surface area contributed by atoms with E-state index in [-0.39, 0.29) is 52.1 Å². The molecule has 0 unspecified atom stereocenters. The van der Waals surface area contributed by atoms with Gasteiger partial charge in [0.15, 0.2) is 23.0 Å². The fourth-order valence-electron chi connectivity index (χ4n) is 5.81. The molecule has 0 saturated heterocycles. The lowest BCUT2D eigenvalue weighted by atomic mass is 9.73. The van der Waals surface area contributed by atoms with E-state index in [1.807, 2.05) is 0 Å². The van der Waals surface area contributed by atoms with Crippen LogP contribution < -0.4 is 0 Å². The molecule has 0 spiro atoms. The Hall–Kier alpha value is -4.52. The summed E-state index contributed by atoms with van der Waals surface area (Å²) in [5.41, 5.74) is 5.72. The molecule has 0 radical (unpaired) electrons. The summed E-state index contributed by atoms with van der Waals surface area (Å²) in [6.45, 7) is 0. The van der Waals surface area contributed by atoms with Crippen molar-refractivity contribution in [2.75, 3.05) is 0 Å². The van der Waals surface area contributed by atoms with E-state index in [1.54, 1.807) is 24.3 Å². The van der Waals surface area contributed by atoms with Crippen molar-refractivity contribution in [3.63, 3.8) is 0 Å². The number of aromatic hydroxyl groups is 7. The highest BCUT2D eigenvalue weighted by Crippen LogP contribution is 2.55. The Bertz CT molecular complexity index is 1540. The molecule has 7 nitrogen and oxygen atoms in total. The van der Waals surface area contributed by atoms with E-state index < -0.39 is 0 Å². The molecule has 0 amide bonds. The van der Waals surface area contributed by atoms with E-state index >= 15 is 0 Å². The molecule has 176 valence electrons. The van der Waals surface area contributed by atoms with E-state index in [1.165, 1.54) is 30.3 Å². The molecule has 7 heteroatoms. The monoisotopic (exact) mass is 470 g/mol. The minimum atomic E-state index is -0.385. The molecule has 0 bridgehead atoms. The van der Waals surface area contributed by atoms with Gasteiger partial charge in [-0.25, -0.2) is 0 Å². The molecule has 2 aliphatic carbocycles. The zero-order valence-corrected chi connectivity index (χ0v) is 18.4. The molecule has 7 N–H and O–H groups in total. The van der Waals surface area contributed by atoms with Gasteiger partial charge in [0.25, 0.3) is 0 Å². The minimum absolute atomic E-state index is 0.0155. The number of hydrogen-bond acceptors (Lipinski definition) is 7. The molecule has 4 aromatic carbocycles. The van der Waals surface area contributed by atoms with Crippen LogP contribution in [0.25, 0.3) is 11.1 Å². The Morgan fingerprint density at radius 2 is 1.11 bits per heavy atom. The zero-order valence-electron chi connectivity index (χ0n) is 18.4. The first-order chi connectivity index (χ1) is 16.7. The Morgan fingerprint density at radius 3 is 1.83 bits per heavy atom. The molecule has 0 heterocycles. The summed E-state index contributed by atoms with van der Waals surface area (Å²) < 4.78 is 0. The van der Waals surface area contributed by atoms with Crippen LogP contribution >= 0.6 is 0 Å². The molecule has 35 heavy (non-hydrogen) atoms. The Balaban J connectivity index is 1.68. The lowest BCUT2D eigenvalue weighted by Gasteiger charge is -2.30. The van der Waals surface area contributed by atoms with Gasteiger partial charge >= 0.3 is 0 Å². The smallest absolute Gasteiger partial charge is 0.157 e. The topological polar surface area (TPSA) is 142 Å². The Kier molecular flexibility index (Phi) is 4.35. The largest absolute Gasteiger partial charge is 0.508 e. The highest BCUT2D eigenvalue weighted by atomic mass is 16.3. The van der Waals surface area contributed by atoms with Crippen LogP contribution in [0, 0.1) is 0 Å². The van der Waals surface area contributed by atoms with Crippen molar-refractivity contribution >= 4 is 0 Å². The van der Waals surface area contributed by atoms with Crippen molar-refractivity contribution in [2.45, 2.75) is 24.7 Å². The van der Waals surface area contributed by atoms with Gasteiger partial charge < -0.3 is 35.7 Å². The fourth-order valence-corrected chi connectivity index (χ4v) is 5.81. The van der Waals surface area contributed by atoms with Gasteiger partial charge in [0, 0.05) is 23.5 Å². The molecule has 0 saturated carbocycles. The highest BCUT2D eigenvalue weighted by Gasteiger charge is 2.37. The SMILES string of the molecule is Oc1cc(O)c2c(c1)C[C@H]1c3cc(O)c(O)cc3[C@@H](c3ccc(O)c(O)c3)Cc3cc(O)cc-2c31. The minimum Gasteiger partial charge on any atom is -0.508 e. The van der Waals surface area contributed by atoms with Crippen LogP contribution in [0.1, 0.15) is 45.2 Å². The van der Waals surface area contributed by atoms with Crippen LogP contribution in [0.15, 0.2) is 54.6 Å². The van der Waals surface area contributed by atoms with Crippen molar-refractivity contribution < 1.29 is 35.7 Å². The molecular formula is C28H22O7. The summed E-state index contributed by atoms with van der Waals surface area (Å²) in [6.07, 6.45) is 0.801. The number of phenols is 7. The Labute approximate surface area is 200 Å². The first-order valence-electron chi connectivity index (χ1n) is 11.2. The summed E-state index contributed by atoms with van der Waals surface area (Å²) in [5.74, 6) is -1.92. The maximum atomic E-state index is 10.7. The van der Waals surface area contributed by atoms with E-state index in [2.05, 4.69) is 0 Å². The number of phenolic OH excluding ortho intramolecular Hbond substituents is 7. The van der Waals surface area contributed by atoms with Crippen molar-refractivity contribution in [1.29, 1.82) is 0 Å². The first kappa shape index (κ1) is 21.0. The third-order valence-corrected chi connectivity index (χ3v) is 7.23. The Morgan fingerprint density at radius 1 is 0.514 bits per heavy atom. The standard InChI is InChI=1S/C28H22O7/c29-15-3-13-5-17(12-1-2-22(31)23(32)7-12)18-10-24(33)25(34)11-19(18)20-6-14-4-16(30)9-26(35)28(14)21(8-15)27(13)20/h1-4,7-11,17,20,29-35H,5-6H2/t17-,20+/m1/s1. The van der Waals surface area contributed by atoms with Gasteiger partial charge in [-0.3, -0.25) is 0 Å². The van der Waals surface area contributed by atoms with E-state index in [0.717, 1.165) is 22.3 Å². The third-order valence-electron chi connectivity index (χ3n) is 7.23. The highest BCUT2D eigenvalue weighted by molar-refractivity contribution is 5.83. The second kappa shape index (κ2) is 7.24. The first-order valence-corrected chi connectivity index (χ1v) is 11.2. The number of benzene rings is 4. The molecule has 0 aromatic heterocycles. The van der Waals surface area contributed by atoms with E-state index in [4.69, 9.17) is 0 Å². The maximum Gasteiger partial charge on any atom is 0.157 e. The summed E-state index contributed by atoms with van der Waals surface area (Å²) >= 11 is 0. The lowest BCUT2D eigenvalue weighted by Crippen LogP contribution is -2.14. The maximum absolute atomic E-state index is 10.7. The van der Waals surface area contributed by atoms with Crippen LogP contribution in [-0.4, -0.2) is 35.7 Å². The van der Waals surface area contributed by atoms with Crippen molar-refractivity contribution in [2.24, 2.45) is 0 Å². The van der Waals surface area contributed by atoms with Gasteiger partial charge in [-0.15, -0.1) is 0 Å². The van der Waals surface area contributed by atoms with Gasteiger partial charge in [0.1, 0.15) is 17.2 Å². The van der Waals surface area contributed by atoms with Crippen LogP contribution in [0.4, 0.5) is 0 Å². The molecule has 4 aromatic rings. The summed E-state index contributed by atoms with van der Waals surface area (Å²) in [6, 6.07) is 13.7. The summed E-state index contributed by atoms with van der Waals surface area (Å²) in [4.78, 5) is 0. The number of hydrogen-bond donors (Lipinski definition) is 7. The zero-order chi connectivity index (χ0) is 24.6. The van der Waals surface area contributed by atoms with E-state index in [9.17, 15) is 35.7 Å². The van der Waals surface area contributed by atoms with Crippen LogP contribution in [0.2, 0.25) is 0 Å². The predicted octanol–water partition coefficient (Wildman–Crippen LogP) is 4.67. The van der Waals surface area contributed by atoms with Crippen molar-refractivity contribution in [1.82, 2.24) is 0 Å². The van der Waals surface area contributed by atoms with Gasteiger partial charge in [-0.2, -0.15) is 0 Å². The third kappa shape index (κ3) is 3.12. The molecule has 2 atom stereocenters. The second-order valence-corrected chi connectivity index (χ2v) is 9.30. The van der Waals surface area contributed by atoms with Crippen molar-refractivity contribution in [3.8, 4) is 51.4 Å². The lowest BCUT2D eigenvalue weighted by molar-refractivity contribution is 0.401. The molecule has 2 aliphatic rings. The van der Waals surface area contributed by atoms with E-state index in [0.29, 0.717) is 35.1 Å². The average molecular weight is 470 g/mol. The summed E-state index contributed by atoms with van der Waals surface area (Å²) in [7, 11) is 0. The van der Waals surface area contributed by atoms with Crippen LogP contribution in [0.5, 0.6) is 40.2 Å². The van der Waals surface area contributed by atoms with Gasteiger partial charge in [0.2, 0.25) is 0 Å². The van der Waals surface area contributed by atoms with Gasteiger partial charge in [-0.1, -0.05) is 6.07 Å². The summed E-state index contributed by atoms with van der Waals surface area (Å²) in [5, 5.41) is 72.3.